The van der Waals surface area contributed by atoms with Gasteiger partial charge in [-0.3, -0.25) is 0 Å². The lowest BCUT2D eigenvalue weighted by molar-refractivity contribution is 0.418. The van der Waals surface area contributed by atoms with Crippen LogP contribution in [0.15, 0.2) is 6.20 Å². The van der Waals surface area contributed by atoms with Crippen LogP contribution in [0.5, 0.6) is 0 Å². The van der Waals surface area contributed by atoms with Gasteiger partial charge in [-0.25, -0.2) is 4.98 Å². The predicted molar refractivity (Wildman–Crippen MR) is 70.9 cm³/mol. The van der Waals surface area contributed by atoms with Gasteiger partial charge in [0, 0.05) is 23.2 Å². The Morgan fingerprint density at radius 2 is 2.06 bits per heavy atom. The molecule has 3 nitrogen and oxygen atoms in total. The summed E-state index contributed by atoms with van der Waals surface area (Å²) >= 11 is 1.77. The van der Waals surface area contributed by atoms with Gasteiger partial charge in [0.15, 0.2) is 0 Å². The minimum Gasteiger partial charge on any atom is -0.312 e. The normalized spacial score (nSPS) is 12.0. The van der Waals surface area contributed by atoms with Crippen molar-refractivity contribution in [2.24, 2.45) is 0 Å². The quantitative estimate of drug-likeness (QED) is 0.751. The second-order valence-electron chi connectivity index (χ2n) is 5.07. The number of thiazole rings is 1. The number of hydrogen-bond donors (Lipinski definition) is 2. The van der Waals surface area contributed by atoms with E-state index in [0.717, 1.165) is 26.1 Å². The Balaban J connectivity index is 2.00. The first-order valence-corrected chi connectivity index (χ1v) is 6.66. The largest absolute Gasteiger partial charge is 0.312 e. The van der Waals surface area contributed by atoms with Gasteiger partial charge in [0.25, 0.3) is 0 Å². The Morgan fingerprint density at radius 3 is 2.62 bits per heavy atom. The molecule has 0 atom stereocenters. The molecule has 2 N–H and O–H groups in total. The lowest BCUT2D eigenvalue weighted by Crippen LogP contribution is -2.37. The summed E-state index contributed by atoms with van der Waals surface area (Å²) in [7, 11) is 0. The van der Waals surface area contributed by atoms with Crippen LogP contribution in [0, 0.1) is 6.92 Å². The fourth-order valence-electron chi connectivity index (χ4n) is 1.36. The van der Waals surface area contributed by atoms with Crippen molar-refractivity contribution < 1.29 is 0 Å². The highest BCUT2D eigenvalue weighted by atomic mass is 32.1. The van der Waals surface area contributed by atoms with Crippen LogP contribution < -0.4 is 10.6 Å². The van der Waals surface area contributed by atoms with E-state index in [9.17, 15) is 0 Å². The molecule has 0 radical (unpaired) electrons. The number of rotatable bonds is 6. The average Bonchev–Trinajstić information content (AvgIpc) is 2.56. The monoisotopic (exact) mass is 241 g/mol. The molecule has 0 saturated carbocycles. The highest BCUT2D eigenvalue weighted by Crippen LogP contribution is 2.10. The SMILES string of the molecule is Cc1cnc(CNCCCNC(C)(C)C)s1. The van der Waals surface area contributed by atoms with Crippen molar-refractivity contribution in [3.8, 4) is 0 Å². The van der Waals surface area contributed by atoms with Crippen LogP contribution in [-0.4, -0.2) is 23.6 Å². The zero-order valence-electron chi connectivity index (χ0n) is 10.8. The first kappa shape index (κ1) is 13.6. The Hall–Kier alpha value is -0.450. The van der Waals surface area contributed by atoms with Gasteiger partial charge in [0.2, 0.25) is 0 Å². The summed E-state index contributed by atoms with van der Waals surface area (Å²) < 4.78 is 0. The van der Waals surface area contributed by atoms with Crippen molar-refractivity contribution in [1.82, 2.24) is 15.6 Å². The summed E-state index contributed by atoms with van der Waals surface area (Å²) in [4.78, 5) is 5.60. The maximum Gasteiger partial charge on any atom is 0.107 e. The van der Waals surface area contributed by atoms with Crippen molar-refractivity contribution in [3.63, 3.8) is 0 Å². The standard InChI is InChI=1S/C12H23N3S/c1-10-8-14-11(16-10)9-13-6-5-7-15-12(2,3)4/h8,13,15H,5-7,9H2,1-4H3. The molecule has 0 amide bonds. The van der Waals surface area contributed by atoms with Crippen LogP contribution in [0.1, 0.15) is 37.1 Å². The second-order valence-corrected chi connectivity index (χ2v) is 6.39. The van der Waals surface area contributed by atoms with Crippen LogP contribution in [0.25, 0.3) is 0 Å². The molecule has 0 aliphatic carbocycles. The number of aromatic nitrogens is 1. The van der Waals surface area contributed by atoms with Crippen LogP contribution >= 0.6 is 11.3 Å². The molecule has 1 aromatic rings. The molecule has 0 saturated heterocycles. The molecule has 0 fully saturated rings. The third-order valence-corrected chi connectivity index (χ3v) is 3.04. The Labute approximate surface area is 103 Å². The highest BCUT2D eigenvalue weighted by molar-refractivity contribution is 7.11. The number of aryl methyl sites for hydroxylation is 1. The molecular weight excluding hydrogens is 218 g/mol. The Kier molecular flexibility index (Phi) is 5.38. The molecule has 16 heavy (non-hydrogen) atoms. The molecule has 0 unspecified atom stereocenters. The summed E-state index contributed by atoms with van der Waals surface area (Å²) in [6, 6.07) is 0. The molecule has 0 bridgehead atoms. The van der Waals surface area contributed by atoms with Gasteiger partial charge >= 0.3 is 0 Å². The van der Waals surface area contributed by atoms with Gasteiger partial charge < -0.3 is 10.6 Å². The Bertz CT molecular complexity index is 301. The van der Waals surface area contributed by atoms with E-state index in [1.54, 1.807) is 11.3 Å². The van der Waals surface area contributed by atoms with Crippen LogP contribution in [-0.2, 0) is 6.54 Å². The van der Waals surface area contributed by atoms with Crippen LogP contribution in [0.4, 0.5) is 0 Å². The highest BCUT2D eigenvalue weighted by Gasteiger charge is 2.06. The van der Waals surface area contributed by atoms with Gasteiger partial charge in [0.05, 0.1) is 0 Å². The molecular formula is C12H23N3S. The first-order chi connectivity index (χ1) is 7.47. The zero-order valence-corrected chi connectivity index (χ0v) is 11.6. The topological polar surface area (TPSA) is 37.0 Å². The summed E-state index contributed by atoms with van der Waals surface area (Å²) in [6.45, 7) is 11.7. The molecule has 1 heterocycles. The minimum absolute atomic E-state index is 0.229. The van der Waals surface area contributed by atoms with Crippen molar-refractivity contribution in [2.75, 3.05) is 13.1 Å². The van der Waals surface area contributed by atoms with Gasteiger partial charge in [-0.05, 0) is 47.2 Å². The fourth-order valence-corrected chi connectivity index (χ4v) is 2.11. The van der Waals surface area contributed by atoms with Gasteiger partial charge in [-0.1, -0.05) is 0 Å². The van der Waals surface area contributed by atoms with E-state index >= 15 is 0 Å². The third kappa shape index (κ3) is 6.20. The maximum absolute atomic E-state index is 4.31. The fraction of sp³-hybridized carbons (Fsp3) is 0.750. The van der Waals surface area contributed by atoms with Gasteiger partial charge in [-0.2, -0.15) is 0 Å². The third-order valence-electron chi connectivity index (χ3n) is 2.13. The summed E-state index contributed by atoms with van der Waals surface area (Å²) in [6.07, 6.45) is 3.09. The lowest BCUT2D eigenvalue weighted by atomic mass is 10.1. The molecule has 4 heteroatoms. The van der Waals surface area contributed by atoms with E-state index in [2.05, 4.69) is 43.3 Å². The molecule has 0 aromatic carbocycles. The molecule has 0 aliphatic rings. The first-order valence-electron chi connectivity index (χ1n) is 5.84. The van der Waals surface area contributed by atoms with Crippen molar-refractivity contribution in [1.29, 1.82) is 0 Å². The van der Waals surface area contributed by atoms with Crippen LogP contribution in [0.3, 0.4) is 0 Å². The average molecular weight is 241 g/mol. The van der Waals surface area contributed by atoms with Gasteiger partial charge in [0.1, 0.15) is 5.01 Å². The molecule has 1 aromatic heterocycles. The van der Waals surface area contributed by atoms with Crippen LogP contribution in [0.2, 0.25) is 0 Å². The van der Waals surface area contributed by atoms with E-state index in [1.165, 1.54) is 9.88 Å². The van der Waals surface area contributed by atoms with E-state index < -0.39 is 0 Å². The number of nitrogens with zero attached hydrogens (tertiary/aromatic N) is 1. The summed E-state index contributed by atoms with van der Waals surface area (Å²) in [5.41, 5.74) is 0.229. The minimum atomic E-state index is 0.229. The molecule has 92 valence electrons. The van der Waals surface area contributed by atoms with E-state index in [4.69, 9.17) is 0 Å². The molecule has 0 spiro atoms. The predicted octanol–water partition coefficient (Wildman–Crippen LogP) is 2.32. The van der Waals surface area contributed by atoms with Crippen molar-refractivity contribution in [2.45, 2.75) is 46.2 Å². The van der Waals surface area contributed by atoms with E-state index in [-0.39, 0.29) is 5.54 Å². The lowest BCUT2D eigenvalue weighted by Gasteiger charge is -2.20. The molecule has 1 rings (SSSR count). The second kappa shape index (κ2) is 6.33. The number of hydrogen-bond acceptors (Lipinski definition) is 4. The summed E-state index contributed by atoms with van der Waals surface area (Å²) in [5, 5.41) is 8.06. The summed E-state index contributed by atoms with van der Waals surface area (Å²) in [5.74, 6) is 0. The van der Waals surface area contributed by atoms with E-state index in [1.807, 2.05) is 6.20 Å². The smallest absolute Gasteiger partial charge is 0.107 e. The van der Waals surface area contributed by atoms with Gasteiger partial charge in [-0.15, -0.1) is 11.3 Å². The Morgan fingerprint density at radius 1 is 1.31 bits per heavy atom. The van der Waals surface area contributed by atoms with Crippen molar-refractivity contribution in [3.05, 3.63) is 16.1 Å². The number of nitrogens with one attached hydrogen (secondary N) is 2. The van der Waals surface area contributed by atoms with E-state index in [0.29, 0.717) is 0 Å². The van der Waals surface area contributed by atoms with Crippen molar-refractivity contribution >= 4 is 11.3 Å². The maximum atomic E-state index is 4.31. The molecule has 0 aliphatic heterocycles. The zero-order chi connectivity index (χ0) is 12.0.